The van der Waals surface area contributed by atoms with Crippen molar-refractivity contribution in [3.63, 3.8) is 0 Å². The third kappa shape index (κ3) is 1.32. The zero-order valence-corrected chi connectivity index (χ0v) is 5.59. The van der Waals surface area contributed by atoms with Crippen LogP contribution in [0.4, 0.5) is 0 Å². The average Bonchev–Trinajstić information content (AvgIpc) is 1.77. The molecule has 9 heavy (non-hydrogen) atoms. The lowest BCUT2D eigenvalue weighted by Crippen LogP contribution is -2.31. The Hall–Kier alpha value is -0.340. The van der Waals surface area contributed by atoms with Crippen molar-refractivity contribution >= 4 is 0 Å². The SMILES string of the molecule is CC1=CCCCC1(O)O. The van der Waals surface area contributed by atoms with Gasteiger partial charge in [-0.25, -0.2) is 0 Å². The molecule has 0 radical (unpaired) electrons. The molecule has 0 aromatic rings. The second-order valence-electron chi connectivity index (χ2n) is 2.60. The van der Waals surface area contributed by atoms with E-state index in [1.165, 1.54) is 0 Å². The highest BCUT2D eigenvalue weighted by molar-refractivity contribution is 5.11. The Kier molecular flexibility index (Phi) is 1.60. The molecule has 0 saturated carbocycles. The van der Waals surface area contributed by atoms with Gasteiger partial charge in [-0.1, -0.05) is 6.08 Å². The molecule has 0 fully saturated rings. The summed E-state index contributed by atoms with van der Waals surface area (Å²) in [6.45, 7) is 1.75. The Morgan fingerprint density at radius 2 is 2.22 bits per heavy atom. The summed E-state index contributed by atoms with van der Waals surface area (Å²) in [5, 5.41) is 18.3. The van der Waals surface area contributed by atoms with Gasteiger partial charge in [0.2, 0.25) is 0 Å². The first-order valence-electron chi connectivity index (χ1n) is 3.25. The summed E-state index contributed by atoms with van der Waals surface area (Å²) in [5.41, 5.74) is 0.689. The van der Waals surface area contributed by atoms with Crippen molar-refractivity contribution in [1.29, 1.82) is 0 Å². The maximum atomic E-state index is 9.13. The Labute approximate surface area is 54.8 Å². The minimum atomic E-state index is -1.50. The standard InChI is InChI=1S/C7H12O2/c1-6-4-2-3-5-7(6,8)9/h4,8-9H,2-3,5H2,1H3. The molecule has 52 valence electrons. The lowest BCUT2D eigenvalue weighted by molar-refractivity contribution is -0.136. The number of hydrogen-bond donors (Lipinski definition) is 2. The molecule has 0 heterocycles. The summed E-state index contributed by atoms with van der Waals surface area (Å²) < 4.78 is 0. The first kappa shape index (κ1) is 6.78. The highest BCUT2D eigenvalue weighted by Crippen LogP contribution is 2.25. The fourth-order valence-corrected chi connectivity index (χ4v) is 1.03. The minimum Gasteiger partial charge on any atom is -0.362 e. The summed E-state index contributed by atoms with van der Waals surface area (Å²) in [5.74, 6) is -1.50. The van der Waals surface area contributed by atoms with Crippen LogP contribution in [0.3, 0.4) is 0 Å². The minimum absolute atomic E-state index is 0.481. The molecule has 0 saturated heterocycles. The molecule has 0 aromatic heterocycles. The van der Waals surface area contributed by atoms with Gasteiger partial charge in [-0.15, -0.1) is 0 Å². The second-order valence-corrected chi connectivity index (χ2v) is 2.60. The first-order valence-corrected chi connectivity index (χ1v) is 3.25. The van der Waals surface area contributed by atoms with Crippen LogP contribution in [0.15, 0.2) is 11.6 Å². The van der Waals surface area contributed by atoms with Crippen LogP contribution in [-0.4, -0.2) is 16.0 Å². The molecule has 1 rings (SSSR count). The third-order valence-electron chi connectivity index (χ3n) is 1.81. The number of hydrogen-bond acceptors (Lipinski definition) is 2. The zero-order valence-electron chi connectivity index (χ0n) is 5.59. The maximum absolute atomic E-state index is 9.13. The van der Waals surface area contributed by atoms with Crippen LogP contribution >= 0.6 is 0 Å². The molecule has 0 aliphatic heterocycles. The molecular formula is C7H12O2. The third-order valence-corrected chi connectivity index (χ3v) is 1.81. The van der Waals surface area contributed by atoms with E-state index in [9.17, 15) is 0 Å². The molecule has 0 aromatic carbocycles. The molecule has 0 atom stereocenters. The number of allylic oxidation sites excluding steroid dienone is 1. The van der Waals surface area contributed by atoms with Gasteiger partial charge in [0.15, 0.2) is 5.79 Å². The summed E-state index contributed by atoms with van der Waals surface area (Å²) in [4.78, 5) is 0. The Morgan fingerprint density at radius 1 is 1.56 bits per heavy atom. The Bertz CT molecular complexity index is 136. The van der Waals surface area contributed by atoms with E-state index in [1.807, 2.05) is 6.08 Å². The smallest absolute Gasteiger partial charge is 0.185 e. The zero-order chi connectivity index (χ0) is 6.91. The predicted molar refractivity (Wildman–Crippen MR) is 34.8 cm³/mol. The van der Waals surface area contributed by atoms with Gasteiger partial charge in [0.05, 0.1) is 0 Å². The Balaban J connectivity index is 2.73. The first-order chi connectivity index (χ1) is 4.13. The van der Waals surface area contributed by atoms with Crippen LogP contribution in [0, 0.1) is 0 Å². The monoisotopic (exact) mass is 128 g/mol. The van der Waals surface area contributed by atoms with Crippen LogP contribution in [0.5, 0.6) is 0 Å². The van der Waals surface area contributed by atoms with E-state index in [-0.39, 0.29) is 0 Å². The lowest BCUT2D eigenvalue weighted by atomic mass is 9.94. The Morgan fingerprint density at radius 3 is 2.56 bits per heavy atom. The van der Waals surface area contributed by atoms with Crippen molar-refractivity contribution in [2.24, 2.45) is 0 Å². The highest BCUT2D eigenvalue weighted by atomic mass is 16.5. The van der Waals surface area contributed by atoms with Crippen LogP contribution in [0.1, 0.15) is 26.2 Å². The summed E-state index contributed by atoms with van der Waals surface area (Å²) in [6.07, 6.45) is 4.22. The van der Waals surface area contributed by atoms with E-state index in [0.717, 1.165) is 12.8 Å². The molecule has 2 nitrogen and oxygen atoms in total. The molecule has 2 heteroatoms. The summed E-state index contributed by atoms with van der Waals surface area (Å²) >= 11 is 0. The molecule has 1 aliphatic rings. The van der Waals surface area contributed by atoms with E-state index >= 15 is 0 Å². The van der Waals surface area contributed by atoms with Crippen LogP contribution in [0.25, 0.3) is 0 Å². The number of rotatable bonds is 0. The van der Waals surface area contributed by atoms with Gasteiger partial charge in [-0.3, -0.25) is 0 Å². The molecule has 0 unspecified atom stereocenters. The molecule has 0 spiro atoms. The van der Waals surface area contributed by atoms with Crippen molar-refractivity contribution in [3.05, 3.63) is 11.6 Å². The van der Waals surface area contributed by atoms with E-state index < -0.39 is 5.79 Å². The van der Waals surface area contributed by atoms with Crippen LogP contribution in [0.2, 0.25) is 0 Å². The van der Waals surface area contributed by atoms with Crippen molar-refractivity contribution in [2.75, 3.05) is 0 Å². The van der Waals surface area contributed by atoms with Crippen LogP contribution < -0.4 is 0 Å². The second kappa shape index (κ2) is 2.12. The van der Waals surface area contributed by atoms with Crippen molar-refractivity contribution in [1.82, 2.24) is 0 Å². The van der Waals surface area contributed by atoms with Gasteiger partial charge in [0.1, 0.15) is 0 Å². The van der Waals surface area contributed by atoms with Crippen molar-refractivity contribution in [3.8, 4) is 0 Å². The summed E-state index contributed by atoms with van der Waals surface area (Å²) in [6, 6.07) is 0. The normalized spacial score (nSPS) is 25.4. The molecular weight excluding hydrogens is 116 g/mol. The topological polar surface area (TPSA) is 40.5 Å². The fourth-order valence-electron chi connectivity index (χ4n) is 1.03. The average molecular weight is 128 g/mol. The molecule has 0 amide bonds. The number of aliphatic hydroxyl groups is 2. The van der Waals surface area contributed by atoms with E-state index in [2.05, 4.69) is 0 Å². The highest BCUT2D eigenvalue weighted by Gasteiger charge is 2.26. The lowest BCUT2D eigenvalue weighted by Gasteiger charge is -2.25. The van der Waals surface area contributed by atoms with Gasteiger partial charge in [0.25, 0.3) is 0 Å². The van der Waals surface area contributed by atoms with Crippen molar-refractivity contribution < 1.29 is 10.2 Å². The molecule has 1 aliphatic carbocycles. The summed E-state index contributed by atoms with van der Waals surface area (Å²) in [7, 11) is 0. The maximum Gasteiger partial charge on any atom is 0.185 e. The van der Waals surface area contributed by atoms with Crippen molar-refractivity contribution in [2.45, 2.75) is 32.0 Å². The molecule has 2 N–H and O–H groups in total. The van der Waals surface area contributed by atoms with E-state index in [0.29, 0.717) is 12.0 Å². The van der Waals surface area contributed by atoms with Gasteiger partial charge < -0.3 is 10.2 Å². The van der Waals surface area contributed by atoms with Gasteiger partial charge in [-0.2, -0.15) is 0 Å². The van der Waals surface area contributed by atoms with E-state index in [4.69, 9.17) is 10.2 Å². The molecule has 0 bridgehead atoms. The van der Waals surface area contributed by atoms with Gasteiger partial charge in [0, 0.05) is 6.42 Å². The van der Waals surface area contributed by atoms with Gasteiger partial charge in [-0.05, 0) is 25.3 Å². The quantitative estimate of drug-likeness (QED) is 0.374. The van der Waals surface area contributed by atoms with Gasteiger partial charge >= 0.3 is 0 Å². The predicted octanol–water partition coefficient (Wildman–Crippen LogP) is 0.797. The van der Waals surface area contributed by atoms with E-state index in [1.54, 1.807) is 6.92 Å². The van der Waals surface area contributed by atoms with Crippen LogP contribution in [-0.2, 0) is 0 Å². The fraction of sp³-hybridized carbons (Fsp3) is 0.714. The largest absolute Gasteiger partial charge is 0.362 e.